The lowest BCUT2D eigenvalue weighted by Crippen LogP contribution is -2.21. The van der Waals surface area contributed by atoms with Crippen LogP contribution < -0.4 is 16.8 Å². The molecular formula is C26H31N5O2. The second kappa shape index (κ2) is 10.4. The van der Waals surface area contributed by atoms with Gasteiger partial charge in [0.25, 0.3) is 0 Å². The minimum absolute atomic E-state index is 0.111. The number of amides is 1. The number of rotatable bonds is 8. The minimum atomic E-state index is 0.111. The van der Waals surface area contributed by atoms with Crippen LogP contribution in [-0.2, 0) is 29.2 Å². The largest absolute Gasteiger partial charge is 0.383 e. The SMILES string of the molecule is CCc1cc(-c2c(N)nc(N)nc2COCc2ccccc2)ccc1NC(=O)C1CCCC1. The van der Waals surface area contributed by atoms with E-state index >= 15 is 0 Å². The van der Waals surface area contributed by atoms with E-state index in [9.17, 15) is 4.79 Å². The first-order valence-corrected chi connectivity index (χ1v) is 11.5. The number of anilines is 3. The summed E-state index contributed by atoms with van der Waals surface area (Å²) in [7, 11) is 0. The lowest BCUT2D eigenvalue weighted by Gasteiger charge is -2.17. The number of benzene rings is 2. The molecule has 2 aromatic carbocycles. The Labute approximate surface area is 194 Å². The van der Waals surface area contributed by atoms with Crippen molar-refractivity contribution in [2.45, 2.75) is 52.2 Å². The normalized spacial score (nSPS) is 13.8. The zero-order valence-corrected chi connectivity index (χ0v) is 19.0. The van der Waals surface area contributed by atoms with E-state index in [1.807, 2.05) is 48.5 Å². The summed E-state index contributed by atoms with van der Waals surface area (Å²) in [5.41, 5.74) is 17.3. The Hall–Kier alpha value is -3.45. The summed E-state index contributed by atoms with van der Waals surface area (Å²) in [5.74, 6) is 0.653. The van der Waals surface area contributed by atoms with Crippen LogP contribution in [0.4, 0.5) is 17.5 Å². The van der Waals surface area contributed by atoms with Crippen molar-refractivity contribution in [2.75, 3.05) is 16.8 Å². The molecule has 1 amide bonds. The molecule has 1 aliphatic rings. The Morgan fingerprint density at radius 3 is 2.55 bits per heavy atom. The summed E-state index contributed by atoms with van der Waals surface area (Å²) in [4.78, 5) is 21.2. The molecule has 5 N–H and O–H groups in total. The minimum Gasteiger partial charge on any atom is -0.383 e. The predicted octanol–water partition coefficient (Wildman–Crippen LogP) is 4.72. The number of aromatic nitrogens is 2. The van der Waals surface area contributed by atoms with Crippen molar-refractivity contribution in [3.05, 3.63) is 65.4 Å². The predicted molar refractivity (Wildman–Crippen MR) is 131 cm³/mol. The highest BCUT2D eigenvalue weighted by Crippen LogP contribution is 2.33. The molecule has 0 saturated heterocycles. The first-order valence-electron chi connectivity index (χ1n) is 11.5. The molecule has 3 aromatic rings. The van der Waals surface area contributed by atoms with Crippen molar-refractivity contribution in [1.82, 2.24) is 9.97 Å². The number of carbonyl (C=O) groups is 1. The van der Waals surface area contributed by atoms with Crippen molar-refractivity contribution in [1.29, 1.82) is 0 Å². The van der Waals surface area contributed by atoms with Crippen LogP contribution in [0.15, 0.2) is 48.5 Å². The average Bonchev–Trinajstić information content (AvgIpc) is 3.35. The van der Waals surface area contributed by atoms with Gasteiger partial charge in [0.05, 0.1) is 18.9 Å². The quantitative estimate of drug-likeness (QED) is 0.462. The molecule has 0 atom stereocenters. The molecular weight excluding hydrogens is 414 g/mol. The molecule has 33 heavy (non-hydrogen) atoms. The van der Waals surface area contributed by atoms with Crippen LogP contribution >= 0.6 is 0 Å². The maximum atomic E-state index is 12.6. The first-order chi connectivity index (χ1) is 16.0. The van der Waals surface area contributed by atoms with Gasteiger partial charge in [0.15, 0.2) is 0 Å². The highest BCUT2D eigenvalue weighted by Gasteiger charge is 2.23. The molecule has 0 radical (unpaired) electrons. The topological polar surface area (TPSA) is 116 Å². The van der Waals surface area contributed by atoms with Gasteiger partial charge in [-0.2, -0.15) is 4.98 Å². The van der Waals surface area contributed by atoms with Crippen LogP contribution in [0.25, 0.3) is 11.1 Å². The fraction of sp³-hybridized carbons (Fsp3) is 0.346. The van der Waals surface area contributed by atoms with E-state index in [2.05, 4.69) is 22.2 Å². The molecule has 1 aliphatic carbocycles. The first kappa shape index (κ1) is 22.7. The third-order valence-electron chi connectivity index (χ3n) is 6.14. The molecule has 0 aliphatic heterocycles. The smallest absolute Gasteiger partial charge is 0.227 e. The molecule has 1 aromatic heterocycles. The number of ether oxygens (including phenoxy) is 1. The van der Waals surface area contributed by atoms with Crippen LogP contribution in [0.3, 0.4) is 0 Å². The Morgan fingerprint density at radius 2 is 1.82 bits per heavy atom. The number of nitrogens with zero attached hydrogens (tertiary/aromatic N) is 2. The van der Waals surface area contributed by atoms with Crippen LogP contribution in [-0.4, -0.2) is 15.9 Å². The number of hydrogen-bond donors (Lipinski definition) is 3. The van der Waals surface area contributed by atoms with Gasteiger partial charge in [-0.25, -0.2) is 4.98 Å². The van der Waals surface area contributed by atoms with Gasteiger partial charge in [0, 0.05) is 17.2 Å². The van der Waals surface area contributed by atoms with E-state index in [1.54, 1.807) is 0 Å². The van der Waals surface area contributed by atoms with Gasteiger partial charge in [-0.15, -0.1) is 0 Å². The fourth-order valence-corrected chi connectivity index (χ4v) is 4.39. The van der Waals surface area contributed by atoms with Crippen molar-refractivity contribution in [3.8, 4) is 11.1 Å². The van der Waals surface area contributed by atoms with Gasteiger partial charge in [0.2, 0.25) is 11.9 Å². The Bertz CT molecular complexity index is 1110. The van der Waals surface area contributed by atoms with Crippen LogP contribution in [0.2, 0.25) is 0 Å². The van der Waals surface area contributed by atoms with E-state index in [-0.39, 0.29) is 24.4 Å². The summed E-state index contributed by atoms with van der Waals surface area (Å²) >= 11 is 0. The van der Waals surface area contributed by atoms with E-state index in [4.69, 9.17) is 16.2 Å². The molecule has 4 rings (SSSR count). The number of nitrogen functional groups attached to an aromatic ring is 2. The Kier molecular flexibility index (Phi) is 7.19. The number of carbonyl (C=O) groups excluding carboxylic acids is 1. The highest BCUT2D eigenvalue weighted by atomic mass is 16.5. The second-order valence-corrected chi connectivity index (χ2v) is 8.46. The zero-order chi connectivity index (χ0) is 23.2. The summed E-state index contributed by atoms with van der Waals surface area (Å²) in [6.07, 6.45) is 4.96. The van der Waals surface area contributed by atoms with Gasteiger partial charge in [-0.3, -0.25) is 4.79 Å². The average molecular weight is 446 g/mol. The standard InChI is InChI=1S/C26H31N5O2/c1-2-18-14-20(12-13-21(18)29-25(32)19-10-6-7-11-19)23-22(30-26(28)31-24(23)27)16-33-15-17-8-4-3-5-9-17/h3-5,8-9,12-14,19H,2,6-7,10-11,15-16H2,1H3,(H,29,32)(H4,27,28,30,31). The molecule has 7 heteroatoms. The third kappa shape index (κ3) is 5.49. The van der Waals surface area contributed by atoms with E-state index < -0.39 is 0 Å². The number of aryl methyl sites for hydroxylation is 1. The van der Waals surface area contributed by atoms with E-state index in [0.717, 1.165) is 54.5 Å². The van der Waals surface area contributed by atoms with Crippen molar-refractivity contribution in [2.24, 2.45) is 5.92 Å². The maximum Gasteiger partial charge on any atom is 0.227 e. The fourth-order valence-electron chi connectivity index (χ4n) is 4.39. The summed E-state index contributed by atoms with van der Waals surface area (Å²) in [5, 5.41) is 3.13. The van der Waals surface area contributed by atoms with Crippen molar-refractivity contribution in [3.63, 3.8) is 0 Å². The van der Waals surface area contributed by atoms with Crippen LogP contribution in [0.1, 0.15) is 49.4 Å². The monoisotopic (exact) mass is 445 g/mol. The van der Waals surface area contributed by atoms with Gasteiger partial charge in [-0.05, 0) is 48.1 Å². The zero-order valence-electron chi connectivity index (χ0n) is 19.0. The Balaban J connectivity index is 1.57. The molecule has 1 fully saturated rings. The van der Waals surface area contributed by atoms with Gasteiger partial charge in [0.1, 0.15) is 5.82 Å². The molecule has 0 spiro atoms. The number of hydrogen-bond acceptors (Lipinski definition) is 6. The summed E-state index contributed by atoms with van der Waals surface area (Å²) in [6, 6.07) is 15.9. The third-order valence-corrected chi connectivity index (χ3v) is 6.14. The second-order valence-electron chi connectivity index (χ2n) is 8.46. The molecule has 172 valence electrons. The van der Waals surface area contributed by atoms with Gasteiger partial charge in [-0.1, -0.05) is 56.2 Å². The lowest BCUT2D eigenvalue weighted by atomic mass is 9.99. The molecule has 0 bridgehead atoms. The maximum absolute atomic E-state index is 12.6. The van der Waals surface area contributed by atoms with Gasteiger partial charge < -0.3 is 21.5 Å². The highest BCUT2D eigenvalue weighted by molar-refractivity contribution is 5.94. The number of nitrogens with one attached hydrogen (secondary N) is 1. The lowest BCUT2D eigenvalue weighted by molar-refractivity contribution is -0.119. The van der Waals surface area contributed by atoms with Crippen LogP contribution in [0, 0.1) is 5.92 Å². The summed E-state index contributed by atoms with van der Waals surface area (Å²) < 4.78 is 5.91. The van der Waals surface area contributed by atoms with E-state index in [0.29, 0.717) is 23.7 Å². The van der Waals surface area contributed by atoms with E-state index in [1.165, 1.54) is 0 Å². The molecule has 1 heterocycles. The van der Waals surface area contributed by atoms with Gasteiger partial charge >= 0.3 is 0 Å². The summed E-state index contributed by atoms with van der Waals surface area (Å²) in [6.45, 7) is 2.77. The molecule has 0 unspecified atom stereocenters. The number of nitrogens with two attached hydrogens (primary N) is 2. The Morgan fingerprint density at radius 1 is 1.06 bits per heavy atom. The molecule has 1 saturated carbocycles. The van der Waals surface area contributed by atoms with Crippen molar-refractivity contribution < 1.29 is 9.53 Å². The molecule has 7 nitrogen and oxygen atoms in total. The van der Waals surface area contributed by atoms with Crippen LogP contribution in [0.5, 0.6) is 0 Å². The van der Waals surface area contributed by atoms with Crippen molar-refractivity contribution >= 4 is 23.4 Å².